The highest BCUT2D eigenvalue weighted by molar-refractivity contribution is 5.96. The maximum atomic E-state index is 12.7. The van der Waals surface area contributed by atoms with Crippen molar-refractivity contribution in [3.63, 3.8) is 0 Å². The van der Waals surface area contributed by atoms with Gasteiger partial charge >= 0.3 is 12.1 Å². The number of benzene rings is 1. The number of carboxylic acid groups (broad SMARTS) is 1. The largest absolute Gasteiger partial charge is 0.477 e. The minimum absolute atomic E-state index is 0.0774. The average molecular weight is 339 g/mol. The highest BCUT2D eigenvalue weighted by atomic mass is 19.4. The van der Waals surface area contributed by atoms with Crippen LogP contribution in [0.1, 0.15) is 18.2 Å². The zero-order valence-corrected chi connectivity index (χ0v) is 12.3. The maximum Gasteiger partial charge on any atom is 0.416 e. The summed E-state index contributed by atoms with van der Waals surface area (Å²) in [5.74, 6) is -1.73. The summed E-state index contributed by atoms with van der Waals surface area (Å²) >= 11 is 0. The van der Waals surface area contributed by atoms with E-state index in [1.807, 2.05) is 0 Å². The molecule has 0 saturated heterocycles. The summed E-state index contributed by atoms with van der Waals surface area (Å²) in [6, 6.07) is 7.35. The third-order valence-corrected chi connectivity index (χ3v) is 2.93. The van der Waals surface area contributed by atoms with Crippen LogP contribution < -0.4 is 5.32 Å². The number of amides is 1. The van der Waals surface area contributed by atoms with Gasteiger partial charge < -0.3 is 14.8 Å². The third kappa shape index (κ3) is 4.25. The Balaban J connectivity index is 2.34. The maximum absolute atomic E-state index is 12.7. The molecule has 1 aromatic carbocycles. The molecule has 0 radical (unpaired) electrons. The molecule has 0 aliphatic carbocycles. The van der Waals surface area contributed by atoms with Crippen molar-refractivity contribution in [2.45, 2.75) is 13.1 Å². The normalized spacial score (nSPS) is 12.1. The predicted molar refractivity (Wildman–Crippen MR) is 78.6 cm³/mol. The van der Waals surface area contributed by atoms with E-state index in [-0.39, 0.29) is 17.1 Å². The molecule has 5 nitrogen and oxygen atoms in total. The number of furan rings is 1. The summed E-state index contributed by atoms with van der Waals surface area (Å²) < 4.78 is 43.5. The topological polar surface area (TPSA) is 79.5 Å². The first kappa shape index (κ1) is 17.3. The minimum atomic E-state index is -4.48. The Morgan fingerprint density at radius 1 is 1.21 bits per heavy atom. The van der Waals surface area contributed by atoms with E-state index in [9.17, 15) is 22.8 Å². The standard InChI is InChI=1S/C16H12F3NO4/c1-9(21)20-13(15(22)23)8-12-5-6-14(24-12)10-3-2-4-11(7-10)16(17,18)19/h2-8H,1H3,(H,20,21)(H,22,23)/b13-8+. The van der Waals surface area contributed by atoms with Crippen LogP contribution in [0.2, 0.25) is 0 Å². The molecule has 0 saturated carbocycles. The molecule has 2 aromatic rings. The molecule has 2 rings (SSSR count). The summed E-state index contributed by atoms with van der Waals surface area (Å²) in [4.78, 5) is 22.0. The van der Waals surface area contributed by atoms with Gasteiger partial charge in [-0.3, -0.25) is 4.79 Å². The summed E-state index contributed by atoms with van der Waals surface area (Å²) in [6.07, 6.45) is -3.41. The molecular weight excluding hydrogens is 327 g/mol. The number of carbonyl (C=O) groups excluding carboxylic acids is 1. The zero-order chi connectivity index (χ0) is 17.9. The van der Waals surface area contributed by atoms with Gasteiger partial charge in [-0.15, -0.1) is 0 Å². The smallest absolute Gasteiger partial charge is 0.416 e. The summed E-state index contributed by atoms with van der Waals surface area (Å²) in [5.41, 5.74) is -1.04. The average Bonchev–Trinajstić information content (AvgIpc) is 2.94. The number of nitrogens with one attached hydrogen (secondary N) is 1. The molecule has 0 fully saturated rings. The SMILES string of the molecule is CC(=O)N/C(=C/c1ccc(-c2cccc(C(F)(F)F)c2)o1)C(=O)O. The Bertz CT molecular complexity index is 806. The van der Waals surface area contributed by atoms with Gasteiger partial charge in [0, 0.05) is 18.6 Å². The summed E-state index contributed by atoms with van der Waals surface area (Å²) in [6.45, 7) is 1.15. The predicted octanol–water partition coefficient (Wildman–Crippen LogP) is 3.53. The molecule has 2 N–H and O–H groups in total. The molecule has 0 unspecified atom stereocenters. The molecule has 0 spiro atoms. The van der Waals surface area contributed by atoms with Gasteiger partial charge in [0.05, 0.1) is 5.56 Å². The number of alkyl halides is 3. The van der Waals surface area contributed by atoms with E-state index in [1.165, 1.54) is 24.3 Å². The first-order valence-electron chi connectivity index (χ1n) is 6.67. The van der Waals surface area contributed by atoms with Gasteiger partial charge in [-0.25, -0.2) is 4.79 Å². The minimum Gasteiger partial charge on any atom is -0.477 e. The Morgan fingerprint density at radius 2 is 1.92 bits per heavy atom. The van der Waals surface area contributed by atoms with Crippen LogP contribution in [0.5, 0.6) is 0 Å². The van der Waals surface area contributed by atoms with Gasteiger partial charge in [0.2, 0.25) is 5.91 Å². The van der Waals surface area contributed by atoms with E-state index in [1.54, 1.807) is 0 Å². The van der Waals surface area contributed by atoms with Crippen LogP contribution in [-0.2, 0) is 15.8 Å². The molecule has 1 amide bonds. The van der Waals surface area contributed by atoms with E-state index in [0.29, 0.717) is 0 Å². The van der Waals surface area contributed by atoms with E-state index in [2.05, 4.69) is 5.32 Å². The second kappa shape index (κ2) is 6.61. The zero-order valence-electron chi connectivity index (χ0n) is 12.3. The third-order valence-electron chi connectivity index (χ3n) is 2.93. The molecule has 1 heterocycles. The summed E-state index contributed by atoms with van der Waals surface area (Å²) in [7, 11) is 0. The molecule has 126 valence electrons. The Morgan fingerprint density at radius 3 is 2.50 bits per heavy atom. The molecule has 24 heavy (non-hydrogen) atoms. The lowest BCUT2D eigenvalue weighted by Gasteiger charge is -2.07. The van der Waals surface area contributed by atoms with Gasteiger partial charge in [-0.05, 0) is 24.3 Å². The monoisotopic (exact) mass is 339 g/mol. The fourth-order valence-corrected chi connectivity index (χ4v) is 1.92. The van der Waals surface area contributed by atoms with E-state index in [4.69, 9.17) is 9.52 Å². The van der Waals surface area contributed by atoms with Crippen LogP contribution in [0.15, 0.2) is 46.5 Å². The second-order valence-electron chi connectivity index (χ2n) is 4.82. The lowest BCUT2D eigenvalue weighted by molar-refractivity contribution is -0.137. The number of carbonyl (C=O) groups is 2. The van der Waals surface area contributed by atoms with Crippen molar-refractivity contribution in [3.05, 3.63) is 53.4 Å². The van der Waals surface area contributed by atoms with Crippen LogP contribution in [0.3, 0.4) is 0 Å². The molecule has 0 aliphatic heterocycles. The van der Waals surface area contributed by atoms with Crippen molar-refractivity contribution < 1.29 is 32.3 Å². The van der Waals surface area contributed by atoms with Crippen molar-refractivity contribution >= 4 is 18.0 Å². The highest BCUT2D eigenvalue weighted by Gasteiger charge is 2.30. The number of rotatable bonds is 4. The molecule has 8 heteroatoms. The van der Waals surface area contributed by atoms with Crippen molar-refractivity contribution in [1.82, 2.24) is 5.32 Å². The first-order valence-corrected chi connectivity index (χ1v) is 6.67. The Hall–Kier alpha value is -3.03. The highest BCUT2D eigenvalue weighted by Crippen LogP contribution is 2.32. The molecule has 0 bridgehead atoms. The summed E-state index contributed by atoms with van der Waals surface area (Å²) in [5, 5.41) is 11.1. The molecule has 0 aliphatic rings. The molecule has 1 aromatic heterocycles. The number of hydrogen-bond donors (Lipinski definition) is 2. The van der Waals surface area contributed by atoms with Crippen LogP contribution in [-0.4, -0.2) is 17.0 Å². The lowest BCUT2D eigenvalue weighted by atomic mass is 10.1. The molecule has 0 atom stereocenters. The van der Waals surface area contributed by atoms with Gasteiger partial charge in [0.25, 0.3) is 0 Å². The van der Waals surface area contributed by atoms with Crippen molar-refractivity contribution in [1.29, 1.82) is 0 Å². The van der Waals surface area contributed by atoms with Crippen molar-refractivity contribution in [2.24, 2.45) is 0 Å². The van der Waals surface area contributed by atoms with Gasteiger partial charge in [0.1, 0.15) is 17.2 Å². The lowest BCUT2D eigenvalue weighted by Crippen LogP contribution is -2.24. The van der Waals surface area contributed by atoms with Crippen LogP contribution in [0, 0.1) is 0 Å². The van der Waals surface area contributed by atoms with Crippen LogP contribution >= 0.6 is 0 Å². The van der Waals surface area contributed by atoms with Crippen LogP contribution in [0.25, 0.3) is 17.4 Å². The van der Waals surface area contributed by atoms with Crippen LogP contribution in [0.4, 0.5) is 13.2 Å². The van der Waals surface area contributed by atoms with Crippen molar-refractivity contribution in [3.8, 4) is 11.3 Å². The number of hydrogen-bond acceptors (Lipinski definition) is 3. The van der Waals surface area contributed by atoms with E-state index in [0.717, 1.165) is 25.1 Å². The van der Waals surface area contributed by atoms with Gasteiger partial charge in [-0.1, -0.05) is 12.1 Å². The van der Waals surface area contributed by atoms with E-state index < -0.39 is 29.3 Å². The van der Waals surface area contributed by atoms with Crippen molar-refractivity contribution in [2.75, 3.05) is 0 Å². The number of carboxylic acids is 1. The van der Waals surface area contributed by atoms with Gasteiger partial charge in [0.15, 0.2) is 0 Å². The second-order valence-corrected chi connectivity index (χ2v) is 4.82. The first-order chi connectivity index (χ1) is 11.2. The number of halogens is 3. The Kier molecular flexibility index (Phi) is 4.77. The van der Waals surface area contributed by atoms with Gasteiger partial charge in [-0.2, -0.15) is 13.2 Å². The quantitative estimate of drug-likeness (QED) is 0.835. The number of aliphatic carboxylic acids is 1. The fourth-order valence-electron chi connectivity index (χ4n) is 1.92. The van der Waals surface area contributed by atoms with E-state index >= 15 is 0 Å². The fraction of sp³-hybridized carbons (Fsp3) is 0.125. The molecular formula is C16H12F3NO4. The Labute approximate surface area is 134 Å².